The van der Waals surface area contributed by atoms with Gasteiger partial charge in [-0.15, -0.1) is 0 Å². The van der Waals surface area contributed by atoms with Crippen LogP contribution >= 0.6 is 0 Å². The lowest BCUT2D eigenvalue weighted by atomic mass is 10.1. The first kappa shape index (κ1) is 13.1. The van der Waals surface area contributed by atoms with E-state index < -0.39 is 5.92 Å². The lowest BCUT2D eigenvalue weighted by molar-refractivity contribution is 0.802. The van der Waals surface area contributed by atoms with E-state index in [4.69, 9.17) is 5.73 Å². The molecule has 5 nitrogen and oxygen atoms in total. The molecule has 19 heavy (non-hydrogen) atoms. The van der Waals surface area contributed by atoms with Crippen LogP contribution in [0.15, 0.2) is 29.3 Å². The van der Waals surface area contributed by atoms with Crippen LogP contribution in [0.5, 0.6) is 0 Å². The lowest BCUT2D eigenvalue weighted by Crippen LogP contribution is -2.22. The van der Waals surface area contributed by atoms with Crippen molar-refractivity contribution in [1.82, 2.24) is 9.97 Å². The van der Waals surface area contributed by atoms with E-state index in [0.717, 1.165) is 23.9 Å². The summed E-state index contributed by atoms with van der Waals surface area (Å²) in [6.45, 7) is 2.74. The number of amidine groups is 1. The molecule has 98 valence electrons. The van der Waals surface area contributed by atoms with E-state index in [1.54, 1.807) is 0 Å². The minimum atomic E-state index is -0.607. The Morgan fingerprint density at radius 1 is 1.53 bits per heavy atom. The minimum absolute atomic E-state index is 0.329. The number of nitriles is 1. The number of imidazole rings is 1. The number of aromatic nitrogens is 2. The molecule has 0 radical (unpaired) electrons. The number of benzene rings is 1. The van der Waals surface area contributed by atoms with Crippen molar-refractivity contribution in [1.29, 1.82) is 5.26 Å². The zero-order valence-electron chi connectivity index (χ0n) is 10.9. The molecule has 0 fully saturated rings. The summed E-state index contributed by atoms with van der Waals surface area (Å²) in [4.78, 5) is 11.8. The number of aromatic amines is 1. The second kappa shape index (κ2) is 6.01. The van der Waals surface area contributed by atoms with E-state index in [0.29, 0.717) is 18.2 Å². The van der Waals surface area contributed by atoms with Gasteiger partial charge < -0.3 is 10.7 Å². The summed E-state index contributed by atoms with van der Waals surface area (Å²) in [5, 5.41) is 9.26. The highest BCUT2D eigenvalue weighted by molar-refractivity contribution is 5.90. The molecular weight excluding hydrogens is 238 g/mol. The van der Waals surface area contributed by atoms with E-state index in [-0.39, 0.29) is 0 Å². The Hall–Kier alpha value is -2.35. The first-order chi connectivity index (χ1) is 9.26. The van der Waals surface area contributed by atoms with Gasteiger partial charge in [0, 0.05) is 6.54 Å². The van der Waals surface area contributed by atoms with Crippen LogP contribution in [0.1, 0.15) is 31.5 Å². The molecule has 3 N–H and O–H groups in total. The summed E-state index contributed by atoms with van der Waals surface area (Å²) in [7, 11) is 0. The highest BCUT2D eigenvalue weighted by Gasteiger charge is 2.19. The predicted molar refractivity (Wildman–Crippen MR) is 75.8 cm³/mol. The van der Waals surface area contributed by atoms with Gasteiger partial charge >= 0.3 is 0 Å². The van der Waals surface area contributed by atoms with Crippen LogP contribution in [0.4, 0.5) is 0 Å². The van der Waals surface area contributed by atoms with Crippen LogP contribution in [-0.2, 0) is 0 Å². The average Bonchev–Trinajstić information content (AvgIpc) is 2.83. The van der Waals surface area contributed by atoms with Gasteiger partial charge in [0.05, 0.1) is 17.1 Å². The summed E-state index contributed by atoms with van der Waals surface area (Å²) in [6, 6.07) is 9.81. The predicted octanol–water partition coefficient (Wildman–Crippen LogP) is 2.33. The second-order valence-electron chi connectivity index (χ2n) is 4.36. The number of nitrogens with two attached hydrogens (primary N) is 1. The van der Waals surface area contributed by atoms with Crippen LogP contribution in [0.25, 0.3) is 11.0 Å². The van der Waals surface area contributed by atoms with Crippen LogP contribution in [0.3, 0.4) is 0 Å². The molecule has 1 heterocycles. The Kier molecular flexibility index (Phi) is 4.14. The van der Waals surface area contributed by atoms with Gasteiger partial charge in [0.25, 0.3) is 0 Å². The van der Waals surface area contributed by atoms with Crippen molar-refractivity contribution >= 4 is 16.9 Å². The van der Waals surface area contributed by atoms with Crippen LogP contribution in [-0.4, -0.2) is 22.3 Å². The van der Waals surface area contributed by atoms with Gasteiger partial charge in [0.1, 0.15) is 11.7 Å². The average molecular weight is 255 g/mol. The van der Waals surface area contributed by atoms with Gasteiger partial charge in [-0.05, 0) is 18.6 Å². The fourth-order valence-electron chi connectivity index (χ4n) is 1.83. The van der Waals surface area contributed by atoms with Gasteiger partial charge in [0.2, 0.25) is 0 Å². The van der Waals surface area contributed by atoms with Crippen molar-refractivity contribution in [3.63, 3.8) is 0 Å². The third-order valence-corrected chi connectivity index (χ3v) is 2.91. The van der Waals surface area contributed by atoms with Crippen molar-refractivity contribution in [2.45, 2.75) is 25.7 Å². The van der Waals surface area contributed by atoms with Gasteiger partial charge in [-0.3, -0.25) is 4.99 Å². The molecule has 1 unspecified atom stereocenters. The van der Waals surface area contributed by atoms with Crippen LogP contribution in [0, 0.1) is 11.3 Å². The zero-order chi connectivity index (χ0) is 13.7. The maximum Gasteiger partial charge on any atom is 0.161 e. The quantitative estimate of drug-likeness (QED) is 0.488. The van der Waals surface area contributed by atoms with Crippen LogP contribution < -0.4 is 5.73 Å². The van der Waals surface area contributed by atoms with Gasteiger partial charge in [-0.1, -0.05) is 25.5 Å². The number of hydrogen-bond donors (Lipinski definition) is 2. The van der Waals surface area contributed by atoms with Gasteiger partial charge in [0.15, 0.2) is 5.92 Å². The Labute approximate surface area is 112 Å². The maximum atomic E-state index is 9.26. The van der Waals surface area contributed by atoms with E-state index >= 15 is 0 Å². The zero-order valence-corrected chi connectivity index (χ0v) is 10.9. The van der Waals surface area contributed by atoms with Crippen molar-refractivity contribution in [3.05, 3.63) is 30.1 Å². The van der Waals surface area contributed by atoms with Crippen molar-refractivity contribution in [3.8, 4) is 6.07 Å². The van der Waals surface area contributed by atoms with Crippen LogP contribution in [0.2, 0.25) is 0 Å². The number of H-pyrrole nitrogens is 1. The first-order valence-electron chi connectivity index (χ1n) is 6.40. The monoisotopic (exact) mass is 255 g/mol. The fraction of sp³-hybridized carbons (Fsp3) is 0.357. The first-order valence-corrected chi connectivity index (χ1v) is 6.40. The second-order valence-corrected chi connectivity index (χ2v) is 4.36. The number of rotatable bonds is 5. The maximum absolute atomic E-state index is 9.26. The SMILES string of the molecule is CCCCN=C(N)C(C#N)c1nc2ccccc2[nH]1. The summed E-state index contributed by atoms with van der Waals surface area (Å²) < 4.78 is 0. The normalized spacial score (nSPS) is 13.4. The third kappa shape index (κ3) is 2.91. The third-order valence-electron chi connectivity index (χ3n) is 2.91. The molecule has 0 amide bonds. The summed E-state index contributed by atoms with van der Waals surface area (Å²) >= 11 is 0. The number of hydrogen-bond acceptors (Lipinski definition) is 3. The molecule has 0 aliphatic carbocycles. The Balaban J connectivity index is 2.26. The van der Waals surface area contributed by atoms with Crippen molar-refractivity contribution in [2.75, 3.05) is 6.54 Å². The smallest absolute Gasteiger partial charge is 0.161 e. The Morgan fingerprint density at radius 2 is 2.32 bits per heavy atom. The number of aliphatic imine (C=N–C) groups is 1. The van der Waals surface area contributed by atoms with Crippen molar-refractivity contribution < 1.29 is 0 Å². The molecule has 0 aliphatic heterocycles. The number of fused-ring (bicyclic) bond motifs is 1. The fourth-order valence-corrected chi connectivity index (χ4v) is 1.83. The number of para-hydroxylation sites is 2. The molecule has 1 aromatic heterocycles. The van der Waals surface area contributed by atoms with Gasteiger partial charge in [-0.25, -0.2) is 4.98 Å². The number of nitrogens with zero attached hydrogens (tertiary/aromatic N) is 3. The molecule has 1 aromatic carbocycles. The highest BCUT2D eigenvalue weighted by atomic mass is 15.0. The van der Waals surface area contributed by atoms with Crippen molar-refractivity contribution in [2.24, 2.45) is 10.7 Å². The Bertz CT molecular complexity index is 587. The molecular formula is C14H17N5. The van der Waals surface area contributed by atoms with E-state index in [2.05, 4.69) is 28.0 Å². The molecule has 2 aromatic rings. The highest BCUT2D eigenvalue weighted by Crippen LogP contribution is 2.17. The molecule has 1 atom stereocenters. The summed E-state index contributed by atoms with van der Waals surface area (Å²) in [5.74, 6) is 0.278. The molecule has 0 spiro atoms. The topological polar surface area (TPSA) is 90.8 Å². The number of unbranched alkanes of at least 4 members (excludes halogenated alkanes) is 1. The molecule has 0 bridgehead atoms. The molecule has 0 saturated carbocycles. The van der Waals surface area contributed by atoms with Gasteiger partial charge in [-0.2, -0.15) is 5.26 Å². The summed E-state index contributed by atoms with van der Waals surface area (Å²) in [6.07, 6.45) is 2.03. The molecule has 2 rings (SSSR count). The molecule has 0 aliphatic rings. The Morgan fingerprint density at radius 3 is 3.00 bits per heavy atom. The molecule has 5 heteroatoms. The standard InChI is InChI=1S/C14H17N5/c1-2-3-8-17-13(16)10(9-15)14-18-11-6-4-5-7-12(11)19-14/h4-7,10H,2-3,8H2,1H3,(H2,16,17)(H,18,19). The van der Waals surface area contributed by atoms with E-state index in [1.807, 2.05) is 24.3 Å². The number of nitrogens with one attached hydrogen (secondary N) is 1. The lowest BCUT2D eigenvalue weighted by Gasteiger charge is -2.05. The van der Waals surface area contributed by atoms with E-state index in [9.17, 15) is 5.26 Å². The summed E-state index contributed by atoms with van der Waals surface area (Å²) in [5.41, 5.74) is 7.63. The van der Waals surface area contributed by atoms with E-state index in [1.165, 1.54) is 0 Å². The molecule has 0 saturated heterocycles. The minimum Gasteiger partial charge on any atom is -0.386 e. The largest absolute Gasteiger partial charge is 0.386 e.